The van der Waals surface area contributed by atoms with Gasteiger partial charge in [0.25, 0.3) is 0 Å². The molecule has 0 unspecified atom stereocenters. The standard InChI is InChI=1S/C22H27ClN6.HI/c1-2-21-28-27-17-29(21)15-14-25-22(24-13-12-18-6-4-3-5-7-18)26-16-19-8-10-20(23)11-9-19;/h3-11,17H,2,12-16H2,1H3,(H2,24,25,26);1H. The lowest BCUT2D eigenvalue weighted by atomic mass is 10.1. The first-order chi connectivity index (χ1) is 14.2. The number of hydrogen-bond donors (Lipinski definition) is 2. The Kier molecular flexibility index (Phi) is 10.6. The van der Waals surface area contributed by atoms with Crippen LogP contribution in [0.4, 0.5) is 0 Å². The lowest BCUT2D eigenvalue weighted by Crippen LogP contribution is -2.40. The van der Waals surface area contributed by atoms with Crippen LogP contribution in [-0.2, 0) is 25.9 Å². The number of aromatic nitrogens is 3. The number of aryl methyl sites for hydroxylation is 1. The zero-order chi connectivity index (χ0) is 20.3. The van der Waals surface area contributed by atoms with Gasteiger partial charge >= 0.3 is 0 Å². The molecule has 6 nitrogen and oxygen atoms in total. The van der Waals surface area contributed by atoms with Crippen molar-refractivity contribution in [2.24, 2.45) is 4.99 Å². The summed E-state index contributed by atoms with van der Waals surface area (Å²) < 4.78 is 2.06. The van der Waals surface area contributed by atoms with E-state index in [1.54, 1.807) is 6.33 Å². The fraction of sp³-hybridized carbons (Fsp3) is 0.318. The zero-order valence-electron chi connectivity index (χ0n) is 17.1. The normalized spacial score (nSPS) is 11.1. The molecule has 30 heavy (non-hydrogen) atoms. The average molecular weight is 539 g/mol. The van der Waals surface area contributed by atoms with Crippen LogP contribution in [0, 0.1) is 0 Å². The summed E-state index contributed by atoms with van der Waals surface area (Å²) in [6, 6.07) is 18.2. The van der Waals surface area contributed by atoms with Gasteiger partial charge in [-0.3, -0.25) is 0 Å². The van der Waals surface area contributed by atoms with Crippen LogP contribution in [0.25, 0.3) is 0 Å². The van der Waals surface area contributed by atoms with Crippen LogP contribution in [0.1, 0.15) is 23.9 Å². The highest BCUT2D eigenvalue weighted by Crippen LogP contribution is 2.10. The summed E-state index contributed by atoms with van der Waals surface area (Å²) in [5.41, 5.74) is 2.42. The molecule has 2 N–H and O–H groups in total. The molecule has 0 saturated carbocycles. The molecule has 0 radical (unpaired) electrons. The van der Waals surface area contributed by atoms with E-state index in [1.165, 1.54) is 5.56 Å². The third kappa shape index (κ3) is 7.95. The number of nitrogens with one attached hydrogen (secondary N) is 2. The van der Waals surface area contributed by atoms with Crippen molar-refractivity contribution in [1.29, 1.82) is 0 Å². The number of benzene rings is 2. The molecule has 1 aromatic heterocycles. The van der Waals surface area contributed by atoms with Gasteiger partial charge < -0.3 is 15.2 Å². The van der Waals surface area contributed by atoms with Gasteiger partial charge in [-0.15, -0.1) is 34.2 Å². The summed E-state index contributed by atoms with van der Waals surface area (Å²) in [7, 11) is 0. The maximum atomic E-state index is 5.97. The first kappa shape index (κ1) is 24.1. The molecule has 0 saturated heterocycles. The molecule has 3 aromatic rings. The predicted octanol–water partition coefficient (Wildman–Crippen LogP) is 4.09. The van der Waals surface area contributed by atoms with E-state index in [1.807, 2.05) is 30.3 Å². The molecule has 0 aliphatic carbocycles. The number of hydrogen-bond acceptors (Lipinski definition) is 3. The zero-order valence-corrected chi connectivity index (χ0v) is 20.2. The Morgan fingerprint density at radius 2 is 1.73 bits per heavy atom. The minimum Gasteiger partial charge on any atom is -0.356 e. The Labute approximate surface area is 200 Å². The largest absolute Gasteiger partial charge is 0.356 e. The van der Waals surface area contributed by atoms with E-state index in [9.17, 15) is 0 Å². The lowest BCUT2D eigenvalue weighted by Gasteiger charge is -2.13. The first-order valence-corrected chi connectivity index (χ1v) is 10.3. The molecule has 0 aliphatic heterocycles. The van der Waals surface area contributed by atoms with Crippen LogP contribution < -0.4 is 10.6 Å². The molecular weight excluding hydrogens is 511 g/mol. The van der Waals surface area contributed by atoms with Gasteiger partial charge in [0.15, 0.2) is 5.96 Å². The summed E-state index contributed by atoms with van der Waals surface area (Å²) in [4.78, 5) is 4.73. The van der Waals surface area contributed by atoms with Crippen molar-refractivity contribution in [3.05, 3.63) is 82.9 Å². The molecule has 0 amide bonds. The molecule has 0 fully saturated rings. The third-order valence-corrected chi connectivity index (χ3v) is 4.79. The summed E-state index contributed by atoms with van der Waals surface area (Å²) in [5.74, 6) is 1.78. The van der Waals surface area contributed by atoms with Crippen molar-refractivity contribution < 1.29 is 0 Å². The van der Waals surface area contributed by atoms with E-state index in [4.69, 9.17) is 16.6 Å². The van der Waals surface area contributed by atoms with Crippen LogP contribution in [-0.4, -0.2) is 33.8 Å². The van der Waals surface area contributed by atoms with Gasteiger partial charge in [0, 0.05) is 31.1 Å². The Hall–Kier alpha value is -2.13. The Balaban J connectivity index is 0.00000320. The number of aliphatic imine (C=N–C) groups is 1. The van der Waals surface area contributed by atoms with Gasteiger partial charge in [0.2, 0.25) is 0 Å². The van der Waals surface area contributed by atoms with Gasteiger partial charge in [-0.05, 0) is 29.7 Å². The van der Waals surface area contributed by atoms with Gasteiger partial charge in [-0.2, -0.15) is 0 Å². The number of guanidine groups is 1. The second kappa shape index (κ2) is 13.2. The van der Waals surface area contributed by atoms with E-state index < -0.39 is 0 Å². The molecule has 160 valence electrons. The maximum absolute atomic E-state index is 5.97. The van der Waals surface area contributed by atoms with E-state index in [0.29, 0.717) is 6.54 Å². The highest BCUT2D eigenvalue weighted by Gasteiger charge is 2.03. The Morgan fingerprint density at radius 1 is 1.00 bits per heavy atom. The van der Waals surface area contributed by atoms with E-state index >= 15 is 0 Å². The highest BCUT2D eigenvalue weighted by atomic mass is 127. The summed E-state index contributed by atoms with van der Waals surface area (Å²) in [5, 5.41) is 15.7. The minimum atomic E-state index is 0. The first-order valence-electron chi connectivity index (χ1n) is 9.92. The highest BCUT2D eigenvalue weighted by molar-refractivity contribution is 14.0. The van der Waals surface area contributed by atoms with Crippen molar-refractivity contribution >= 4 is 41.5 Å². The fourth-order valence-corrected chi connectivity index (χ4v) is 3.06. The molecule has 3 rings (SSSR count). The molecular formula is C22H28ClIN6. The SMILES string of the molecule is CCc1nncn1CCNC(=NCc1ccc(Cl)cc1)NCCc1ccccc1.I. The van der Waals surface area contributed by atoms with Crippen LogP contribution in [0.5, 0.6) is 0 Å². The van der Waals surface area contributed by atoms with Gasteiger partial charge in [0.05, 0.1) is 6.54 Å². The average Bonchev–Trinajstić information content (AvgIpc) is 3.21. The van der Waals surface area contributed by atoms with E-state index in [0.717, 1.165) is 54.8 Å². The van der Waals surface area contributed by atoms with Crippen LogP contribution in [0.15, 0.2) is 65.9 Å². The molecule has 1 heterocycles. The summed E-state index contributed by atoms with van der Waals surface area (Å²) in [6.07, 6.45) is 3.58. The van der Waals surface area contributed by atoms with Crippen LogP contribution >= 0.6 is 35.6 Å². The van der Waals surface area contributed by atoms with Gasteiger partial charge in [0.1, 0.15) is 12.2 Å². The predicted molar refractivity (Wildman–Crippen MR) is 134 cm³/mol. The van der Waals surface area contributed by atoms with Gasteiger partial charge in [-0.25, -0.2) is 4.99 Å². The number of nitrogens with zero attached hydrogens (tertiary/aromatic N) is 4. The number of rotatable bonds is 9. The maximum Gasteiger partial charge on any atom is 0.191 e. The van der Waals surface area contributed by atoms with Crippen molar-refractivity contribution in [3.8, 4) is 0 Å². The van der Waals surface area contributed by atoms with Crippen molar-refractivity contribution in [3.63, 3.8) is 0 Å². The fourth-order valence-electron chi connectivity index (χ4n) is 2.94. The molecule has 2 aromatic carbocycles. The van der Waals surface area contributed by atoms with Crippen LogP contribution in [0.2, 0.25) is 5.02 Å². The van der Waals surface area contributed by atoms with Crippen molar-refractivity contribution in [1.82, 2.24) is 25.4 Å². The Morgan fingerprint density at radius 3 is 2.47 bits per heavy atom. The van der Waals surface area contributed by atoms with Gasteiger partial charge in [-0.1, -0.05) is 61.0 Å². The Bertz CT molecular complexity index is 896. The smallest absolute Gasteiger partial charge is 0.191 e. The monoisotopic (exact) mass is 538 g/mol. The number of halogens is 2. The van der Waals surface area contributed by atoms with E-state index in [2.05, 4.69) is 56.6 Å². The topological polar surface area (TPSA) is 67.1 Å². The quantitative estimate of drug-likeness (QED) is 0.245. The molecule has 0 spiro atoms. The molecule has 8 heteroatoms. The third-order valence-electron chi connectivity index (χ3n) is 4.54. The van der Waals surface area contributed by atoms with Crippen molar-refractivity contribution in [2.75, 3.05) is 13.1 Å². The lowest BCUT2D eigenvalue weighted by molar-refractivity contribution is 0.631. The molecule has 0 atom stereocenters. The summed E-state index contributed by atoms with van der Waals surface area (Å²) >= 11 is 5.97. The van der Waals surface area contributed by atoms with Crippen molar-refractivity contribution in [2.45, 2.75) is 32.9 Å². The second-order valence-corrected chi connectivity index (χ2v) is 7.11. The minimum absolute atomic E-state index is 0. The molecule has 0 bridgehead atoms. The van der Waals surface area contributed by atoms with E-state index in [-0.39, 0.29) is 24.0 Å². The molecule has 0 aliphatic rings. The van der Waals surface area contributed by atoms with Crippen LogP contribution in [0.3, 0.4) is 0 Å². The second-order valence-electron chi connectivity index (χ2n) is 6.67. The summed E-state index contributed by atoms with van der Waals surface area (Å²) in [6.45, 7) is 5.01.